The zero-order chi connectivity index (χ0) is 21.0. The highest BCUT2D eigenvalue weighted by Gasteiger charge is 2.02. The molecule has 0 aliphatic rings. The predicted molar refractivity (Wildman–Crippen MR) is 124 cm³/mol. The maximum Gasteiger partial charge on any atom is 0.272 e. The van der Waals surface area contributed by atoms with E-state index in [1.54, 1.807) is 53.4 Å². The van der Waals surface area contributed by atoms with Gasteiger partial charge >= 0.3 is 0 Å². The van der Waals surface area contributed by atoms with E-state index in [-0.39, 0.29) is 21.8 Å². The van der Waals surface area contributed by atoms with Crippen molar-refractivity contribution in [3.05, 3.63) is 82.2 Å². The van der Waals surface area contributed by atoms with Gasteiger partial charge in [0, 0.05) is 17.2 Å². The normalized spacial score (nSPS) is 12.9. The Morgan fingerprint density at radius 3 is 2.34 bits per heavy atom. The number of rotatable bonds is 6. The second-order valence-corrected chi connectivity index (χ2v) is 9.83. The van der Waals surface area contributed by atoms with Crippen LogP contribution in [-0.4, -0.2) is 41.3 Å². The van der Waals surface area contributed by atoms with Gasteiger partial charge in [-0.1, -0.05) is 29.3 Å². The second-order valence-electron chi connectivity index (χ2n) is 6.51. The molecule has 5 nitrogen and oxygen atoms in total. The van der Waals surface area contributed by atoms with E-state index in [0.29, 0.717) is 15.6 Å². The van der Waals surface area contributed by atoms with Gasteiger partial charge in [0.15, 0.2) is 0 Å². The second kappa shape index (κ2) is 9.82. The van der Waals surface area contributed by atoms with E-state index in [1.807, 2.05) is 26.2 Å². The molecule has 9 heteroatoms. The molecule has 29 heavy (non-hydrogen) atoms. The van der Waals surface area contributed by atoms with Crippen molar-refractivity contribution < 1.29 is 0 Å². The van der Waals surface area contributed by atoms with E-state index in [2.05, 4.69) is 14.9 Å². The van der Waals surface area contributed by atoms with E-state index < -0.39 is 0 Å². The molecule has 0 saturated carbocycles. The first-order valence-electron chi connectivity index (χ1n) is 8.70. The van der Waals surface area contributed by atoms with Crippen molar-refractivity contribution in [1.29, 1.82) is 0 Å². The summed E-state index contributed by atoms with van der Waals surface area (Å²) >= 11 is 15.3. The molecule has 0 amide bonds. The minimum absolute atomic E-state index is 0.150. The fraction of sp³-hybridized carbons (Fsp3) is 0.200. The van der Waals surface area contributed by atoms with Crippen LogP contribution >= 0.6 is 46.3 Å². The van der Waals surface area contributed by atoms with Crippen LogP contribution in [0, 0.1) is 0 Å². The molecular weight excluding hydrogens is 449 g/mol. The van der Waals surface area contributed by atoms with Crippen LogP contribution in [0.25, 0.3) is 12.2 Å². The number of thiophene rings is 1. The Hall–Kier alpha value is -1.77. The zero-order valence-electron chi connectivity index (χ0n) is 15.8. The predicted octanol–water partition coefficient (Wildman–Crippen LogP) is 2.74. The maximum atomic E-state index is 12.4. The average Bonchev–Trinajstić information content (AvgIpc) is 3.09. The maximum absolute atomic E-state index is 12.4. The van der Waals surface area contributed by atoms with Crippen molar-refractivity contribution >= 4 is 58.5 Å². The number of nitrogens with one attached hydrogen (secondary N) is 2. The number of hydrogen-bond donors (Lipinski definition) is 2. The van der Waals surface area contributed by atoms with Crippen molar-refractivity contribution in [2.75, 3.05) is 26.4 Å². The quantitative estimate of drug-likeness (QED) is 0.546. The summed E-state index contributed by atoms with van der Waals surface area (Å²) < 4.78 is 1.17. The lowest BCUT2D eigenvalue weighted by Crippen LogP contribution is -2.46. The van der Waals surface area contributed by atoms with Gasteiger partial charge in [-0.2, -0.15) is 0 Å². The fourth-order valence-electron chi connectivity index (χ4n) is 2.43. The molecule has 2 heterocycles. The molecule has 0 bridgehead atoms. The van der Waals surface area contributed by atoms with Crippen molar-refractivity contribution in [2.45, 2.75) is 4.21 Å². The van der Waals surface area contributed by atoms with Crippen molar-refractivity contribution in [3.8, 4) is 0 Å². The highest BCUT2D eigenvalue weighted by Crippen LogP contribution is 2.27. The zero-order valence-corrected chi connectivity index (χ0v) is 18.9. The highest BCUT2D eigenvalue weighted by molar-refractivity contribution is 8.01. The molecule has 0 saturated heterocycles. The van der Waals surface area contributed by atoms with Crippen LogP contribution in [0.4, 0.5) is 0 Å². The van der Waals surface area contributed by atoms with Gasteiger partial charge in [-0.3, -0.25) is 9.59 Å². The Kier molecular flexibility index (Phi) is 7.43. The van der Waals surface area contributed by atoms with Gasteiger partial charge in [0.2, 0.25) is 0 Å². The molecule has 2 N–H and O–H groups in total. The van der Waals surface area contributed by atoms with Gasteiger partial charge in [0.05, 0.1) is 14.3 Å². The van der Waals surface area contributed by atoms with Gasteiger partial charge in [-0.25, -0.2) is 0 Å². The summed E-state index contributed by atoms with van der Waals surface area (Å²) in [7, 11) is 4.08. The third-order valence-electron chi connectivity index (χ3n) is 3.91. The van der Waals surface area contributed by atoms with Gasteiger partial charge in [0.1, 0.15) is 10.7 Å². The topological polar surface area (TPSA) is 69.0 Å². The Balaban J connectivity index is 1.89. The van der Waals surface area contributed by atoms with Crippen molar-refractivity contribution in [3.63, 3.8) is 0 Å². The molecule has 0 aliphatic carbocycles. The molecular formula is C20H19Cl2N3O2S2. The SMILES string of the molecule is CN(C)CCSc1ccc(/C=c2\[nH]c(=O)/c(=C/c3ccc(Cl)c(Cl)c3)[nH]c2=O)s1. The first kappa shape index (κ1) is 21.9. The highest BCUT2D eigenvalue weighted by atomic mass is 35.5. The standard InChI is InChI=1S/C20H19Cl2N3O2S2/c1-25(2)7-8-28-18-6-4-13(29-18)11-17-20(27)23-16(19(26)24-17)10-12-3-5-14(21)15(22)9-12/h3-6,9-11H,7-8H2,1-2H3,(H,23,27)(H,24,26)/b16-10-,17-11-. The average molecular weight is 468 g/mol. The van der Waals surface area contributed by atoms with Crippen LogP contribution in [0.1, 0.15) is 10.4 Å². The molecule has 3 aromatic rings. The summed E-state index contributed by atoms with van der Waals surface area (Å²) in [5.74, 6) is 0.990. The third-order valence-corrected chi connectivity index (χ3v) is 6.89. The molecule has 0 unspecified atom stereocenters. The summed E-state index contributed by atoms with van der Waals surface area (Å²) in [5, 5.41) is 1.16. The summed E-state index contributed by atoms with van der Waals surface area (Å²) in [4.78, 5) is 33.2. The fourth-order valence-corrected chi connectivity index (χ4v) is 5.01. The van der Waals surface area contributed by atoms with Crippen LogP contribution in [-0.2, 0) is 0 Å². The lowest BCUT2D eigenvalue weighted by atomic mass is 10.2. The summed E-state index contributed by atoms with van der Waals surface area (Å²) in [6.07, 6.45) is 3.24. The summed E-state index contributed by atoms with van der Waals surface area (Å²) in [5.41, 5.74) is -0.0971. The number of aromatic nitrogens is 2. The van der Waals surface area contributed by atoms with E-state index in [9.17, 15) is 9.59 Å². The van der Waals surface area contributed by atoms with Crippen LogP contribution in [0.3, 0.4) is 0 Å². The summed E-state index contributed by atoms with van der Waals surface area (Å²) in [6, 6.07) is 8.94. The Labute approximate surface area is 185 Å². The summed E-state index contributed by atoms with van der Waals surface area (Å²) in [6.45, 7) is 0.991. The Morgan fingerprint density at radius 1 is 1.00 bits per heavy atom. The van der Waals surface area contributed by atoms with E-state index in [0.717, 1.165) is 17.2 Å². The Morgan fingerprint density at radius 2 is 1.69 bits per heavy atom. The van der Waals surface area contributed by atoms with Crippen molar-refractivity contribution in [2.24, 2.45) is 0 Å². The van der Waals surface area contributed by atoms with Crippen LogP contribution in [0.5, 0.6) is 0 Å². The largest absolute Gasteiger partial charge is 0.316 e. The van der Waals surface area contributed by atoms with Gasteiger partial charge < -0.3 is 14.9 Å². The van der Waals surface area contributed by atoms with Crippen LogP contribution in [0.15, 0.2) is 44.1 Å². The number of benzene rings is 1. The monoisotopic (exact) mass is 467 g/mol. The van der Waals surface area contributed by atoms with Gasteiger partial charge in [0.25, 0.3) is 11.1 Å². The molecule has 0 atom stereocenters. The minimum Gasteiger partial charge on any atom is -0.316 e. The van der Waals surface area contributed by atoms with Gasteiger partial charge in [-0.05, 0) is 56.1 Å². The molecule has 0 spiro atoms. The first-order chi connectivity index (χ1) is 13.8. The van der Waals surface area contributed by atoms with Crippen LogP contribution in [0.2, 0.25) is 10.0 Å². The first-order valence-corrected chi connectivity index (χ1v) is 11.3. The number of halogens is 2. The number of nitrogens with zero attached hydrogens (tertiary/aromatic N) is 1. The Bertz CT molecular complexity index is 1250. The van der Waals surface area contributed by atoms with Gasteiger partial charge in [-0.15, -0.1) is 23.1 Å². The van der Waals surface area contributed by atoms with Crippen LogP contribution < -0.4 is 21.8 Å². The molecule has 0 radical (unpaired) electrons. The molecule has 152 valence electrons. The smallest absolute Gasteiger partial charge is 0.272 e. The lowest BCUT2D eigenvalue weighted by Gasteiger charge is -2.07. The van der Waals surface area contributed by atoms with E-state index >= 15 is 0 Å². The third kappa shape index (κ3) is 6.10. The number of H-pyrrole nitrogens is 2. The number of hydrogen-bond acceptors (Lipinski definition) is 5. The minimum atomic E-state index is -0.390. The van der Waals surface area contributed by atoms with E-state index in [1.165, 1.54) is 4.21 Å². The molecule has 0 fully saturated rings. The number of thioether (sulfide) groups is 1. The number of aromatic amines is 2. The molecule has 2 aromatic heterocycles. The molecule has 3 rings (SSSR count). The molecule has 1 aromatic carbocycles. The van der Waals surface area contributed by atoms with Crippen molar-refractivity contribution in [1.82, 2.24) is 14.9 Å². The van der Waals surface area contributed by atoms with E-state index in [4.69, 9.17) is 23.2 Å². The lowest BCUT2D eigenvalue weighted by molar-refractivity contribution is 0.437. The molecule has 0 aliphatic heterocycles.